The van der Waals surface area contributed by atoms with E-state index in [1.165, 1.54) is 13.3 Å². The molecule has 3 heterocycles. The van der Waals surface area contributed by atoms with Crippen LogP contribution in [0.2, 0.25) is 0 Å². The number of morpholine rings is 1. The summed E-state index contributed by atoms with van der Waals surface area (Å²) in [5, 5.41) is 4.15. The van der Waals surface area contributed by atoms with Gasteiger partial charge in [0.15, 0.2) is 0 Å². The number of hydrogen-bond donors (Lipinski definition) is 0. The molecule has 1 saturated heterocycles. The van der Waals surface area contributed by atoms with E-state index in [1.54, 1.807) is 4.52 Å². The van der Waals surface area contributed by atoms with Gasteiger partial charge in [-0.2, -0.15) is 5.10 Å². The Morgan fingerprint density at radius 2 is 2.21 bits per heavy atom. The van der Waals surface area contributed by atoms with Crippen molar-refractivity contribution < 1.29 is 14.3 Å². The van der Waals surface area contributed by atoms with E-state index < -0.39 is 0 Å². The molecule has 100 valence electrons. The number of aromatic nitrogens is 2. The summed E-state index contributed by atoms with van der Waals surface area (Å²) in [6.45, 7) is 3.18. The van der Waals surface area contributed by atoms with Gasteiger partial charge in [-0.15, -0.1) is 0 Å². The molecule has 3 rings (SSSR count). The molecule has 0 atom stereocenters. The van der Waals surface area contributed by atoms with E-state index in [0.29, 0.717) is 5.56 Å². The lowest BCUT2D eigenvalue weighted by Crippen LogP contribution is -2.36. The van der Waals surface area contributed by atoms with Crippen LogP contribution >= 0.6 is 0 Å². The van der Waals surface area contributed by atoms with Gasteiger partial charge in [-0.1, -0.05) is 0 Å². The van der Waals surface area contributed by atoms with Crippen molar-refractivity contribution in [2.24, 2.45) is 0 Å². The topological polar surface area (TPSA) is 56.1 Å². The number of carbonyl (C=O) groups excluding carboxylic acids is 1. The highest BCUT2D eigenvalue weighted by Gasteiger charge is 2.16. The first-order valence-corrected chi connectivity index (χ1v) is 6.18. The maximum Gasteiger partial charge on any atom is 0.341 e. The SMILES string of the molecule is COC(=O)c1cnn2ccc(N3CCOCC3)cc12. The average Bonchev–Trinajstić information content (AvgIpc) is 2.90. The number of methoxy groups -OCH3 is 1. The predicted octanol–water partition coefficient (Wildman–Crippen LogP) is 0.957. The van der Waals surface area contributed by atoms with Crippen LogP contribution in [0.15, 0.2) is 24.5 Å². The third-order valence-electron chi connectivity index (χ3n) is 3.29. The van der Waals surface area contributed by atoms with E-state index in [1.807, 2.05) is 18.3 Å². The van der Waals surface area contributed by atoms with Gasteiger partial charge in [-0.25, -0.2) is 9.31 Å². The van der Waals surface area contributed by atoms with Crippen LogP contribution in [0.5, 0.6) is 0 Å². The second-order valence-electron chi connectivity index (χ2n) is 4.36. The van der Waals surface area contributed by atoms with Crippen LogP contribution in [0.3, 0.4) is 0 Å². The van der Waals surface area contributed by atoms with E-state index in [0.717, 1.165) is 37.5 Å². The van der Waals surface area contributed by atoms with Gasteiger partial charge in [-0.05, 0) is 12.1 Å². The van der Waals surface area contributed by atoms with Gasteiger partial charge >= 0.3 is 5.97 Å². The Bertz CT molecular complexity index is 602. The molecule has 1 aliphatic rings. The lowest BCUT2D eigenvalue weighted by Gasteiger charge is -2.28. The highest BCUT2D eigenvalue weighted by Crippen LogP contribution is 2.20. The van der Waals surface area contributed by atoms with E-state index >= 15 is 0 Å². The number of carbonyl (C=O) groups is 1. The van der Waals surface area contributed by atoms with Crippen molar-refractivity contribution in [2.45, 2.75) is 0 Å². The van der Waals surface area contributed by atoms with Crippen LogP contribution in [0.25, 0.3) is 5.52 Å². The van der Waals surface area contributed by atoms with Gasteiger partial charge in [0, 0.05) is 25.0 Å². The Balaban J connectivity index is 2.00. The number of pyridine rings is 1. The summed E-state index contributed by atoms with van der Waals surface area (Å²) < 4.78 is 11.8. The lowest BCUT2D eigenvalue weighted by atomic mass is 10.2. The van der Waals surface area contributed by atoms with Crippen LogP contribution < -0.4 is 4.90 Å². The molecule has 1 fully saturated rings. The number of esters is 1. The summed E-state index contributed by atoms with van der Waals surface area (Å²) in [7, 11) is 1.37. The molecular formula is C13H15N3O3. The minimum Gasteiger partial charge on any atom is -0.465 e. The zero-order valence-corrected chi connectivity index (χ0v) is 10.7. The third kappa shape index (κ3) is 2.15. The van der Waals surface area contributed by atoms with Crippen molar-refractivity contribution in [3.05, 3.63) is 30.1 Å². The second-order valence-corrected chi connectivity index (χ2v) is 4.36. The summed E-state index contributed by atoms with van der Waals surface area (Å²) in [6, 6.07) is 3.96. The number of ether oxygens (including phenoxy) is 2. The molecular weight excluding hydrogens is 246 g/mol. The summed E-state index contributed by atoms with van der Waals surface area (Å²) in [6.07, 6.45) is 3.39. The summed E-state index contributed by atoms with van der Waals surface area (Å²) >= 11 is 0. The predicted molar refractivity (Wildman–Crippen MR) is 69.6 cm³/mol. The van der Waals surface area contributed by atoms with E-state index in [-0.39, 0.29) is 5.97 Å². The lowest BCUT2D eigenvalue weighted by molar-refractivity contribution is 0.0603. The van der Waals surface area contributed by atoms with E-state index in [9.17, 15) is 4.79 Å². The molecule has 0 radical (unpaired) electrons. The minimum absolute atomic E-state index is 0.367. The minimum atomic E-state index is -0.367. The maximum atomic E-state index is 11.7. The van der Waals surface area contributed by atoms with Crippen molar-refractivity contribution in [3.8, 4) is 0 Å². The van der Waals surface area contributed by atoms with Crippen molar-refractivity contribution >= 4 is 17.2 Å². The zero-order chi connectivity index (χ0) is 13.2. The van der Waals surface area contributed by atoms with Crippen LogP contribution in [0.1, 0.15) is 10.4 Å². The first-order valence-electron chi connectivity index (χ1n) is 6.18. The Morgan fingerprint density at radius 1 is 1.42 bits per heavy atom. The Hall–Kier alpha value is -2.08. The normalized spacial score (nSPS) is 15.7. The molecule has 0 unspecified atom stereocenters. The van der Waals surface area contributed by atoms with Gasteiger partial charge in [0.1, 0.15) is 5.56 Å². The molecule has 0 amide bonds. The van der Waals surface area contributed by atoms with Crippen LogP contribution in [-0.4, -0.2) is 49.0 Å². The molecule has 2 aromatic heterocycles. The highest BCUT2D eigenvalue weighted by atomic mass is 16.5. The van der Waals surface area contributed by atoms with Crippen LogP contribution in [0.4, 0.5) is 5.69 Å². The molecule has 0 N–H and O–H groups in total. The molecule has 0 bridgehead atoms. The fraction of sp³-hybridized carbons (Fsp3) is 0.385. The molecule has 1 aliphatic heterocycles. The number of anilines is 1. The van der Waals surface area contributed by atoms with Gasteiger partial charge in [-0.3, -0.25) is 0 Å². The first-order chi connectivity index (χ1) is 9.29. The van der Waals surface area contributed by atoms with Gasteiger partial charge in [0.2, 0.25) is 0 Å². The molecule has 0 aliphatic carbocycles. The molecule has 0 spiro atoms. The number of fused-ring (bicyclic) bond motifs is 1. The molecule has 6 heteroatoms. The zero-order valence-electron chi connectivity index (χ0n) is 10.7. The van der Waals surface area contributed by atoms with E-state index in [2.05, 4.69) is 10.00 Å². The number of hydrogen-bond acceptors (Lipinski definition) is 5. The van der Waals surface area contributed by atoms with Gasteiger partial charge in [0.05, 0.1) is 32.0 Å². The van der Waals surface area contributed by atoms with Crippen LogP contribution in [-0.2, 0) is 9.47 Å². The van der Waals surface area contributed by atoms with Crippen molar-refractivity contribution in [1.82, 2.24) is 9.61 Å². The van der Waals surface area contributed by atoms with Crippen molar-refractivity contribution in [2.75, 3.05) is 38.3 Å². The average molecular weight is 261 g/mol. The maximum absolute atomic E-state index is 11.7. The van der Waals surface area contributed by atoms with Gasteiger partial charge < -0.3 is 14.4 Å². The largest absolute Gasteiger partial charge is 0.465 e. The Labute approximate surface area is 110 Å². The summed E-state index contributed by atoms with van der Waals surface area (Å²) in [4.78, 5) is 13.9. The fourth-order valence-corrected chi connectivity index (χ4v) is 2.25. The molecule has 6 nitrogen and oxygen atoms in total. The number of rotatable bonds is 2. The molecule has 19 heavy (non-hydrogen) atoms. The third-order valence-corrected chi connectivity index (χ3v) is 3.29. The molecule has 0 saturated carbocycles. The highest BCUT2D eigenvalue weighted by molar-refractivity contribution is 5.97. The van der Waals surface area contributed by atoms with Gasteiger partial charge in [0.25, 0.3) is 0 Å². The van der Waals surface area contributed by atoms with Crippen molar-refractivity contribution in [1.29, 1.82) is 0 Å². The smallest absolute Gasteiger partial charge is 0.341 e. The Kier molecular flexibility index (Phi) is 3.08. The second kappa shape index (κ2) is 4.89. The first kappa shape index (κ1) is 12.0. The molecule has 2 aromatic rings. The monoisotopic (exact) mass is 261 g/mol. The fourth-order valence-electron chi connectivity index (χ4n) is 2.25. The quantitative estimate of drug-likeness (QED) is 0.754. The van der Waals surface area contributed by atoms with E-state index in [4.69, 9.17) is 9.47 Å². The Morgan fingerprint density at radius 3 is 2.95 bits per heavy atom. The number of nitrogens with zero attached hydrogens (tertiary/aromatic N) is 3. The molecule has 0 aromatic carbocycles. The standard InChI is InChI=1S/C13H15N3O3/c1-18-13(17)11-9-14-16-3-2-10(8-12(11)16)15-4-6-19-7-5-15/h2-3,8-9H,4-7H2,1H3. The summed E-state index contributed by atoms with van der Waals surface area (Å²) in [5.74, 6) is -0.367. The summed E-state index contributed by atoms with van der Waals surface area (Å²) in [5.41, 5.74) is 2.31. The van der Waals surface area contributed by atoms with Crippen LogP contribution in [0, 0.1) is 0 Å². The van der Waals surface area contributed by atoms with Crippen molar-refractivity contribution in [3.63, 3.8) is 0 Å².